The Bertz CT molecular complexity index is 589. The molecule has 2 aromatic rings. The molecule has 1 aliphatic heterocycles. The molecule has 3 heterocycles. The second-order valence-corrected chi connectivity index (χ2v) is 5.34. The lowest BCUT2D eigenvalue weighted by molar-refractivity contribution is -0.133. The zero-order valence-corrected chi connectivity index (χ0v) is 11.7. The number of carbonyl (C=O) groups is 1. The molecule has 0 N–H and O–H groups in total. The number of hydrogen-bond acceptors (Lipinski definition) is 5. The zero-order chi connectivity index (χ0) is 14.1. The molecule has 1 amide bonds. The van der Waals surface area contributed by atoms with Crippen molar-refractivity contribution in [3.8, 4) is 0 Å². The predicted molar refractivity (Wildman–Crippen MR) is 75.4 cm³/mol. The summed E-state index contributed by atoms with van der Waals surface area (Å²) in [6.07, 6.45) is 3.59. The van der Waals surface area contributed by atoms with E-state index in [1.807, 2.05) is 17.0 Å². The van der Waals surface area contributed by atoms with Crippen molar-refractivity contribution in [2.24, 2.45) is 5.92 Å². The number of aromatic nitrogens is 2. The first-order valence-electron chi connectivity index (χ1n) is 6.83. The molecule has 1 atom stereocenters. The van der Waals surface area contributed by atoms with E-state index < -0.39 is 0 Å². The Morgan fingerprint density at radius 2 is 2.35 bits per heavy atom. The molecule has 1 saturated heterocycles. The summed E-state index contributed by atoms with van der Waals surface area (Å²) in [5.41, 5.74) is 1.30. The largest absolute Gasteiger partial charge is 0.422 e. The van der Waals surface area contributed by atoms with Crippen LogP contribution in [0.5, 0.6) is 0 Å². The quantitative estimate of drug-likeness (QED) is 0.831. The van der Waals surface area contributed by atoms with Gasteiger partial charge in [0.05, 0.1) is 5.92 Å². The van der Waals surface area contributed by atoms with Gasteiger partial charge < -0.3 is 14.2 Å². The van der Waals surface area contributed by atoms with Crippen LogP contribution in [0, 0.1) is 5.92 Å². The summed E-state index contributed by atoms with van der Waals surface area (Å²) in [4.78, 5) is 24.3. The monoisotopic (exact) mass is 274 g/mol. The highest BCUT2D eigenvalue weighted by Crippen LogP contribution is 2.26. The lowest BCUT2D eigenvalue weighted by Gasteiger charge is -2.32. The van der Waals surface area contributed by atoms with Gasteiger partial charge in [-0.3, -0.25) is 4.79 Å². The average molecular weight is 274 g/mol. The van der Waals surface area contributed by atoms with Gasteiger partial charge in [-0.2, -0.15) is 4.98 Å². The molecule has 0 aromatic carbocycles. The number of oxazole rings is 1. The Hall–Kier alpha value is -2.11. The number of anilines is 1. The minimum absolute atomic E-state index is 0.0155. The predicted octanol–water partition coefficient (Wildman–Crippen LogP) is 1.53. The molecule has 6 nitrogen and oxygen atoms in total. The van der Waals surface area contributed by atoms with Crippen LogP contribution in [-0.2, 0) is 4.79 Å². The molecule has 0 radical (unpaired) electrons. The summed E-state index contributed by atoms with van der Waals surface area (Å²) in [5, 5.41) is 0. The van der Waals surface area contributed by atoms with Crippen molar-refractivity contribution in [2.45, 2.75) is 12.8 Å². The van der Waals surface area contributed by atoms with Gasteiger partial charge in [-0.1, -0.05) is 0 Å². The number of rotatable bonds is 2. The lowest BCUT2D eigenvalue weighted by atomic mass is 9.97. The third-order valence-electron chi connectivity index (χ3n) is 3.64. The van der Waals surface area contributed by atoms with E-state index in [0.717, 1.165) is 19.4 Å². The minimum atomic E-state index is 0.0155. The topological polar surface area (TPSA) is 62.5 Å². The highest BCUT2D eigenvalue weighted by molar-refractivity contribution is 5.79. The first kappa shape index (κ1) is 12.9. The molecule has 20 heavy (non-hydrogen) atoms. The van der Waals surface area contributed by atoms with E-state index in [1.165, 1.54) is 0 Å². The minimum Gasteiger partial charge on any atom is -0.422 e. The summed E-state index contributed by atoms with van der Waals surface area (Å²) in [6.45, 7) is 1.52. The second kappa shape index (κ2) is 5.11. The SMILES string of the molecule is CN(C)C(=O)C1CCCN(c2nc3ncccc3o2)C1. The van der Waals surface area contributed by atoms with Crippen molar-refractivity contribution < 1.29 is 9.21 Å². The maximum atomic E-state index is 12.1. The van der Waals surface area contributed by atoms with Gasteiger partial charge in [0.25, 0.3) is 6.01 Å². The summed E-state index contributed by atoms with van der Waals surface area (Å²) >= 11 is 0. The van der Waals surface area contributed by atoms with Crippen molar-refractivity contribution in [1.29, 1.82) is 0 Å². The van der Waals surface area contributed by atoms with E-state index in [2.05, 4.69) is 9.97 Å². The summed E-state index contributed by atoms with van der Waals surface area (Å²) in [6, 6.07) is 4.24. The number of hydrogen-bond donors (Lipinski definition) is 0. The smallest absolute Gasteiger partial charge is 0.299 e. The molecule has 0 spiro atoms. The van der Waals surface area contributed by atoms with Gasteiger partial charge >= 0.3 is 0 Å². The van der Waals surface area contributed by atoms with E-state index in [9.17, 15) is 4.79 Å². The third kappa shape index (κ3) is 2.33. The van der Waals surface area contributed by atoms with Crippen LogP contribution >= 0.6 is 0 Å². The molecular weight excluding hydrogens is 256 g/mol. The number of amides is 1. The Morgan fingerprint density at radius 1 is 1.50 bits per heavy atom. The van der Waals surface area contributed by atoms with E-state index in [0.29, 0.717) is 23.8 Å². The fourth-order valence-corrected chi connectivity index (χ4v) is 2.61. The number of carbonyl (C=O) groups excluding carboxylic acids is 1. The molecule has 0 saturated carbocycles. The molecule has 1 aliphatic rings. The van der Waals surface area contributed by atoms with Gasteiger partial charge in [0.1, 0.15) is 0 Å². The molecule has 3 rings (SSSR count). The maximum absolute atomic E-state index is 12.1. The number of pyridine rings is 1. The van der Waals surface area contributed by atoms with E-state index in [4.69, 9.17) is 4.42 Å². The van der Waals surface area contributed by atoms with Crippen LogP contribution in [-0.4, -0.2) is 48.0 Å². The van der Waals surface area contributed by atoms with Crippen LogP contribution in [0.15, 0.2) is 22.7 Å². The lowest BCUT2D eigenvalue weighted by Crippen LogP contribution is -2.42. The van der Waals surface area contributed by atoms with Crippen molar-refractivity contribution in [1.82, 2.24) is 14.9 Å². The molecule has 0 aliphatic carbocycles. The molecule has 2 aromatic heterocycles. The van der Waals surface area contributed by atoms with Crippen LogP contribution in [0.1, 0.15) is 12.8 Å². The van der Waals surface area contributed by atoms with Crippen LogP contribution in [0.25, 0.3) is 11.2 Å². The van der Waals surface area contributed by atoms with Gasteiger partial charge in [-0.05, 0) is 25.0 Å². The van der Waals surface area contributed by atoms with Crippen LogP contribution in [0.2, 0.25) is 0 Å². The first-order valence-corrected chi connectivity index (χ1v) is 6.83. The third-order valence-corrected chi connectivity index (χ3v) is 3.64. The molecule has 1 unspecified atom stereocenters. The molecule has 6 heteroatoms. The fraction of sp³-hybridized carbons (Fsp3) is 0.500. The van der Waals surface area contributed by atoms with Gasteiger partial charge in [-0.15, -0.1) is 0 Å². The molecule has 106 valence electrons. The van der Waals surface area contributed by atoms with Gasteiger partial charge in [-0.25, -0.2) is 4.98 Å². The highest BCUT2D eigenvalue weighted by atomic mass is 16.4. The normalized spacial score (nSPS) is 19.3. The Balaban J connectivity index is 1.81. The summed E-state index contributed by atoms with van der Waals surface area (Å²) in [7, 11) is 3.59. The molecule has 0 bridgehead atoms. The first-order chi connectivity index (χ1) is 9.65. The zero-order valence-electron chi connectivity index (χ0n) is 11.7. The van der Waals surface area contributed by atoms with Gasteiger partial charge in [0.2, 0.25) is 11.6 Å². The van der Waals surface area contributed by atoms with Crippen LogP contribution in [0.3, 0.4) is 0 Å². The maximum Gasteiger partial charge on any atom is 0.299 e. The van der Waals surface area contributed by atoms with E-state index in [-0.39, 0.29) is 11.8 Å². The van der Waals surface area contributed by atoms with Crippen molar-refractivity contribution in [3.63, 3.8) is 0 Å². The van der Waals surface area contributed by atoms with Crippen LogP contribution < -0.4 is 4.90 Å². The van der Waals surface area contributed by atoms with Crippen LogP contribution in [0.4, 0.5) is 6.01 Å². The number of piperidine rings is 1. The number of nitrogens with zero attached hydrogens (tertiary/aromatic N) is 4. The number of fused-ring (bicyclic) bond motifs is 1. The average Bonchev–Trinajstić information content (AvgIpc) is 2.90. The van der Waals surface area contributed by atoms with Gasteiger partial charge in [0, 0.05) is 33.4 Å². The van der Waals surface area contributed by atoms with E-state index in [1.54, 1.807) is 25.2 Å². The Kier molecular flexibility index (Phi) is 3.30. The molecular formula is C14H18N4O2. The van der Waals surface area contributed by atoms with Crippen molar-refractivity contribution in [2.75, 3.05) is 32.1 Å². The summed E-state index contributed by atoms with van der Waals surface area (Å²) in [5.74, 6) is 0.186. The highest BCUT2D eigenvalue weighted by Gasteiger charge is 2.29. The summed E-state index contributed by atoms with van der Waals surface area (Å²) < 4.78 is 5.72. The fourth-order valence-electron chi connectivity index (χ4n) is 2.61. The standard InChI is InChI=1S/C14H18N4O2/c1-17(2)13(19)10-5-4-8-18(9-10)14-16-12-11(20-14)6-3-7-15-12/h3,6-7,10H,4-5,8-9H2,1-2H3. The van der Waals surface area contributed by atoms with Crippen molar-refractivity contribution >= 4 is 23.2 Å². The van der Waals surface area contributed by atoms with Crippen molar-refractivity contribution in [3.05, 3.63) is 18.3 Å². The second-order valence-electron chi connectivity index (χ2n) is 5.34. The van der Waals surface area contributed by atoms with Gasteiger partial charge in [0.15, 0.2) is 5.58 Å². The van der Waals surface area contributed by atoms with E-state index >= 15 is 0 Å². The molecule has 1 fully saturated rings. The Morgan fingerprint density at radius 3 is 3.10 bits per heavy atom. The Labute approximate surface area is 117 Å².